The molecule has 0 saturated carbocycles. The lowest BCUT2D eigenvalue weighted by molar-refractivity contribution is 0.102. The molecule has 8 heteroatoms. The van der Waals surface area contributed by atoms with E-state index in [1.165, 1.54) is 11.8 Å². The summed E-state index contributed by atoms with van der Waals surface area (Å²) in [6.07, 6.45) is 3.02. The molecule has 2 heterocycles. The number of aromatic nitrogens is 4. The van der Waals surface area contributed by atoms with E-state index < -0.39 is 0 Å². The molecular formula is C24H23N7O. The summed E-state index contributed by atoms with van der Waals surface area (Å²) < 4.78 is 0. The molecule has 0 spiro atoms. The Morgan fingerprint density at radius 3 is 2.06 bits per heavy atom. The van der Waals surface area contributed by atoms with Crippen molar-refractivity contribution < 1.29 is 4.79 Å². The number of nitrogens with zero attached hydrogens (tertiary/aromatic N) is 4. The largest absolute Gasteiger partial charge is 0.340 e. The quantitative estimate of drug-likeness (QED) is 0.402. The number of hydrogen-bond donors (Lipinski definition) is 3. The van der Waals surface area contributed by atoms with Gasteiger partial charge in [0.2, 0.25) is 5.95 Å². The fourth-order valence-electron chi connectivity index (χ4n) is 2.94. The fraction of sp³-hybridized carbons (Fsp3) is 0.125. The second-order valence-electron chi connectivity index (χ2n) is 7.41. The van der Waals surface area contributed by atoms with Crippen LogP contribution in [-0.4, -0.2) is 25.8 Å². The highest BCUT2D eigenvalue weighted by Gasteiger charge is 2.09. The Hall–Kier alpha value is -4.33. The minimum atomic E-state index is -0.313. The molecular weight excluding hydrogens is 402 g/mol. The van der Waals surface area contributed by atoms with Gasteiger partial charge in [0.25, 0.3) is 5.91 Å². The Bertz CT molecular complexity index is 1220. The number of amides is 1. The number of benzene rings is 2. The molecule has 0 atom stereocenters. The summed E-state index contributed by atoms with van der Waals surface area (Å²) in [5.74, 6) is 0.866. The molecule has 1 amide bonds. The topological polar surface area (TPSA) is 105 Å². The van der Waals surface area contributed by atoms with Crippen molar-refractivity contribution in [2.24, 2.45) is 0 Å². The summed E-state index contributed by atoms with van der Waals surface area (Å²) in [5, 5.41) is 9.31. The molecule has 3 N–H and O–H groups in total. The van der Waals surface area contributed by atoms with Crippen LogP contribution in [0, 0.1) is 20.8 Å². The van der Waals surface area contributed by atoms with Gasteiger partial charge in [0.15, 0.2) is 0 Å². The number of hydrogen-bond acceptors (Lipinski definition) is 7. The van der Waals surface area contributed by atoms with E-state index in [1.807, 2.05) is 63.2 Å². The molecule has 0 unspecified atom stereocenters. The lowest BCUT2D eigenvalue weighted by Crippen LogP contribution is -2.14. The molecule has 0 aliphatic carbocycles. The van der Waals surface area contributed by atoms with Crippen LogP contribution in [0.1, 0.15) is 27.4 Å². The first-order chi connectivity index (χ1) is 15.4. The summed E-state index contributed by atoms with van der Waals surface area (Å²) in [6, 6.07) is 17.3. The van der Waals surface area contributed by atoms with Crippen molar-refractivity contribution in [3.05, 3.63) is 89.6 Å². The molecule has 0 fully saturated rings. The summed E-state index contributed by atoms with van der Waals surface area (Å²) in [6.45, 7) is 5.79. The second kappa shape index (κ2) is 9.22. The van der Waals surface area contributed by atoms with Crippen molar-refractivity contribution >= 4 is 34.7 Å². The lowest BCUT2D eigenvalue weighted by atomic mass is 10.2. The van der Waals surface area contributed by atoms with Gasteiger partial charge in [0, 0.05) is 35.0 Å². The van der Waals surface area contributed by atoms with Gasteiger partial charge in [-0.1, -0.05) is 17.7 Å². The van der Waals surface area contributed by atoms with Gasteiger partial charge in [-0.05, 0) is 57.2 Å². The molecule has 0 bridgehead atoms. The third-order valence-electron chi connectivity index (χ3n) is 4.59. The molecule has 4 aromatic rings. The minimum Gasteiger partial charge on any atom is -0.340 e. The predicted molar refractivity (Wildman–Crippen MR) is 126 cm³/mol. The summed E-state index contributed by atoms with van der Waals surface area (Å²) in [5.41, 5.74) is 5.45. The van der Waals surface area contributed by atoms with Crippen LogP contribution >= 0.6 is 0 Å². The second-order valence-corrected chi connectivity index (χ2v) is 7.41. The Morgan fingerprint density at radius 2 is 1.38 bits per heavy atom. The SMILES string of the molecule is Cc1ccc(Nc2cc(C)nc(Nc3ccc(NC(=O)c4cnc(C)cn4)cc3)n2)cc1. The van der Waals surface area contributed by atoms with E-state index in [4.69, 9.17) is 0 Å². The van der Waals surface area contributed by atoms with Gasteiger partial charge in [0.05, 0.1) is 11.9 Å². The predicted octanol–water partition coefficient (Wildman–Crippen LogP) is 4.93. The van der Waals surface area contributed by atoms with Crippen LogP contribution in [-0.2, 0) is 0 Å². The fourth-order valence-corrected chi connectivity index (χ4v) is 2.94. The van der Waals surface area contributed by atoms with Crippen LogP contribution in [0.2, 0.25) is 0 Å². The summed E-state index contributed by atoms with van der Waals surface area (Å²) >= 11 is 0. The van der Waals surface area contributed by atoms with E-state index in [-0.39, 0.29) is 11.6 Å². The highest BCUT2D eigenvalue weighted by Crippen LogP contribution is 2.21. The van der Waals surface area contributed by atoms with Crippen molar-refractivity contribution in [1.29, 1.82) is 0 Å². The molecule has 0 radical (unpaired) electrons. The van der Waals surface area contributed by atoms with Crippen LogP contribution in [0.15, 0.2) is 67.0 Å². The third kappa shape index (κ3) is 5.42. The first kappa shape index (κ1) is 20.9. The van der Waals surface area contributed by atoms with Gasteiger partial charge in [-0.15, -0.1) is 0 Å². The van der Waals surface area contributed by atoms with Crippen molar-refractivity contribution in [2.75, 3.05) is 16.0 Å². The molecule has 32 heavy (non-hydrogen) atoms. The number of anilines is 5. The maximum absolute atomic E-state index is 12.3. The highest BCUT2D eigenvalue weighted by molar-refractivity contribution is 6.02. The van der Waals surface area contributed by atoms with Crippen LogP contribution in [0.4, 0.5) is 28.8 Å². The first-order valence-corrected chi connectivity index (χ1v) is 10.1. The highest BCUT2D eigenvalue weighted by atomic mass is 16.1. The van der Waals surface area contributed by atoms with Crippen molar-refractivity contribution in [3.63, 3.8) is 0 Å². The average Bonchev–Trinajstić information content (AvgIpc) is 2.77. The maximum Gasteiger partial charge on any atom is 0.275 e. The van der Waals surface area contributed by atoms with Gasteiger partial charge in [0.1, 0.15) is 11.5 Å². The zero-order valence-corrected chi connectivity index (χ0v) is 18.0. The molecule has 0 aliphatic rings. The van der Waals surface area contributed by atoms with Crippen molar-refractivity contribution in [2.45, 2.75) is 20.8 Å². The molecule has 2 aromatic carbocycles. The standard InChI is InChI=1S/C24H23N7O/c1-15-4-6-18(7-5-15)28-22-12-16(2)27-24(31-22)30-20-10-8-19(9-11-20)29-23(32)21-14-25-17(3)13-26-21/h4-14H,1-3H3,(H,29,32)(H2,27,28,30,31). The zero-order chi connectivity index (χ0) is 22.5. The van der Waals surface area contributed by atoms with E-state index in [0.717, 1.165) is 22.8 Å². The van der Waals surface area contributed by atoms with E-state index in [1.54, 1.807) is 18.3 Å². The van der Waals surface area contributed by atoms with Crippen LogP contribution in [0.3, 0.4) is 0 Å². The smallest absolute Gasteiger partial charge is 0.275 e. The Kier molecular flexibility index (Phi) is 6.03. The maximum atomic E-state index is 12.3. The summed E-state index contributed by atoms with van der Waals surface area (Å²) in [4.78, 5) is 29.5. The minimum absolute atomic E-state index is 0.263. The zero-order valence-electron chi connectivity index (χ0n) is 18.0. The van der Waals surface area contributed by atoms with Gasteiger partial charge >= 0.3 is 0 Å². The summed E-state index contributed by atoms with van der Waals surface area (Å²) in [7, 11) is 0. The molecule has 8 nitrogen and oxygen atoms in total. The van der Waals surface area contributed by atoms with Crippen molar-refractivity contribution in [3.8, 4) is 0 Å². The van der Waals surface area contributed by atoms with E-state index in [2.05, 4.69) is 35.9 Å². The van der Waals surface area contributed by atoms with E-state index in [0.29, 0.717) is 17.5 Å². The Balaban J connectivity index is 1.42. The third-order valence-corrected chi connectivity index (χ3v) is 4.59. The molecule has 0 saturated heterocycles. The number of carbonyl (C=O) groups excluding carboxylic acids is 1. The number of nitrogens with one attached hydrogen (secondary N) is 3. The van der Waals surface area contributed by atoms with Crippen LogP contribution in [0.25, 0.3) is 0 Å². The first-order valence-electron chi connectivity index (χ1n) is 10.1. The molecule has 160 valence electrons. The number of rotatable bonds is 6. The lowest BCUT2D eigenvalue weighted by Gasteiger charge is -2.11. The average molecular weight is 425 g/mol. The molecule has 4 rings (SSSR count). The van der Waals surface area contributed by atoms with Crippen LogP contribution < -0.4 is 16.0 Å². The van der Waals surface area contributed by atoms with E-state index in [9.17, 15) is 4.79 Å². The molecule has 0 aliphatic heterocycles. The van der Waals surface area contributed by atoms with Gasteiger partial charge in [-0.2, -0.15) is 4.98 Å². The van der Waals surface area contributed by atoms with Gasteiger partial charge in [-0.3, -0.25) is 9.78 Å². The Morgan fingerprint density at radius 1 is 0.719 bits per heavy atom. The van der Waals surface area contributed by atoms with Crippen LogP contribution in [0.5, 0.6) is 0 Å². The van der Waals surface area contributed by atoms with Gasteiger partial charge in [-0.25, -0.2) is 9.97 Å². The van der Waals surface area contributed by atoms with Gasteiger partial charge < -0.3 is 16.0 Å². The Labute approximate surface area is 186 Å². The number of aryl methyl sites for hydroxylation is 3. The van der Waals surface area contributed by atoms with E-state index >= 15 is 0 Å². The molecule has 2 aromatic heterocycles. The van der Waals surface area contributed by atoms with Crippen molar-refractivity contribution in [1.82, 2.24) is 19.9 Å². The monoisotopic (exact) mass is 425 g/mol. The number of carbonyl (C=O) groups is 1. The normalized spacial score (nSPS) is 10.5.